The van der Waals surface area contributed by atoms with Gasteiger partial charge in [-0.15, -0.1) is 0 Å². The molecule has 0 saturated carbocycles. The van der Waals surface area contributed by atoms with Gasteiger partial charge in [-0.3, -0.25) is 9.69 Å². The summed E-state index contributed by atoms with van der Waals surface area (Å²) in [7, 11) is 1.39. The summed E-state index contributed by atoms with van der Waals surface area (Å²) >= 11 is 0. The number of benzene rings is 1. The third-order valence-electron chi connectivity index (χ3n) is 3.35. The van der Waals surface area contributed by atoms with Crippen molar-refractivity contribution in [2.45, 2.75) is 25.9 Å². The Morgan fingerprint density at radius 3 is 3.05 bits per heavy atom. The maximum atomic E-state index is 13.2. The van der Waals surface area contributed by atoms with Gasteiger partial charge in [0.2, 0.25) is 0 Å². The molecule has 2 rings (SSSR count). The number of carbonyl (C=O) groups is 1. The first-order chi connectivity index (χ1) is 9.62. The van der Waals surface area contributed by atoms with Gasteiger partial charge in [-0.2, -0.15) is 0 Å². The lowest BCUT2D eigenvalue weighted by Crippen LogP contribution is -2.39. The SMILES string of the molecule is CCCN(CC(=O)OC)CC1Cc2cc(F)ccc2O1. The van der Waals surface area contributed by atoms with Crippen LogP contribution in [-0.2, 0) is 16.0 Å². The molecular weight excluding hydrogens is 261 g/mol. The van der Waals surface area contributed by atoms with Crippen LogP contribution in [0.1, 0.15) is 18.9 Å². The fourth-order valence-corrected chi connectivity index (χ4v) is 2.48. The Balaban J connectivity index is 1.94. The minimum absolute atomic E-state index is 0.0389. The van der Waals surface area contributed by atoms with Crippen LogP contribution >= 0.6 is 0 Å². The van der Waals surface area contributed by atoms with E-state index in [2.05, 4.69) is 6.92 Å². The number of halogens is 1. The molecule has 20 heavy (non-hydrogen) atoms. The van der Waals surface area contributed by atoms with Crippen LogP contribution in [0.25, 0.3) is 0 Å². The molecule has 0 aromatic heterocycles. The van der Waals surface area contributed by atoms with Crippen molar-refractivity contribution in [3.63, 3.8) is 0 Å². The summed E-state index contributed by atoms with van der Waals surface area (Å²) in [6.45, 7) is 3.76. The zero-order valence-corrected chi connectivity index (χ0v) is 11.9. The minimum Gasteiger partial charge on any atom is -0.488 e. The zero-order chi connectivity index (χ0) is 14.5. The summed E-state index contributed by atoms with van der Waals surface area (Å²) in [4.78, 5) is 13.4. The molecule has 0 fully saturated rings. The van der Waals surface area contributed by atoms with E-state index in [1.807, 2.05) is 4.90 Å². The van der Waals surface area contributed by atoms with Gasteiger partial charge in [-0.1, -0.05) is 6.92 Å². The van der Waals surface area contributed by atoms with E-state index in [1.54, 1.807) is 6.07 Å². The Kier molecular flexibility index (Phi) is 4.95. The highest BCUT2D eigenvalue weighted by Gasteiger charge is 2.25. The highest BCUT2D eigenvalue weighted by Crippen LogP contribution is 2.29. The van der Waals surface area contributed by atoms with Crippen molar-refractivity contribution in [3.8, 4) is 5.75 Å². The molecule has 1 aromatic carbocycles. The van der Waals surface area contributed by atoms with E-state index < -0.39 is 0 Å². The van der Waals surface area contributed by atoms with Crippen LogP contribution < -0.4 is 4.74 Å². The molecule has 0 N–H and O–H groups in total. The maximum Gasteiger partial charge on any atom is 0.319 e. The first-order valence-corrected chi connectivity index (χ1v) is 6.86. The van der Waals surface area contributed by atoms with E-state index in [4.69, 9.17) is 9.47 Å². The van der Waals surface area contributed by atoms with Crippen LogP contribution in [0, 0.1) is 5.82 Å². The predicted octanol–water partition coefficient (Wildman–Crippen LogP) is 2.01. The molecule has 1 unspecified atom stereocenters. The number of carbonyl (C=O) groups excluding carboxylic acids is 1. The van der Waals surface area contributed by atoms with E-state index in [9.17, 15) is 9.18 Å². The first-order valence-electron chi connectivity index (χ1n) is 6.86. The summed E-state index contributed by atoms with van der Waals surface area (Å²) in [5.74, 6) is 0.249. The van der Waals surface area contributed by atoms with Gasteiger partial charge in [0, 0.05) is 18.5 Å². The van der Waals surface area contributed by atoms with E-state index >= 15 is 0 Å². The van der Waals surface area contributed by atoms with E-state index in [-0.39, 0.29) is 24.4 Å². The van der Waals surface area contributed by atoms with E-state index in [0.717, 1.165) is 24.3 Å². The van der Waals surface area contributed by atoms with Crippen LogP contribution in [0.15, 0.2) is 18.2 Å². The van der Waals surface area contributed by atoms with Gasteiger partial charge in [0.1, 0.15) is 17.7 Å². The van der Waals surface area contributed by atoms with Crippen molar-refractivity contribution in [1.29, 1.82) is 0 Å². The normalized spacial score (nSPS) is 16.9. The predicted molar refractivity (Wildman–Crippen MR) is 73.3 cm³/mol. The Hall–Kier alpha value is -1.62. The monoisotopic (exact) mass is 281 g/mol. The lowest BCUT2D eigenvalue weighted by atomic mass is 10.1. The van der Waals surface area contributed by atoms with Crippen LogP contribution in [0.5, 0.6) is 5.75 Å². The molecule has 4 nitrogen and oxygen atoms in total. The molecule has 0 spiro atoms. The standard InChI is InChI=1S/C15H20FNO3/c1-3-6-17(10-15(18)19-2)9-13-8-11-7-12(16)4-5-14(11)20-13/h4-5,7,13H,3,6,8-10H2,1-2H3. The van der Waals surface area contributed by atoms with Crippen molar-refractivity contribution in [2.75, 3.05) is 26.7 Å². The number of hydrogen-bond donors (Lipinski definition) is 0. The van der Waals surface area contributed by atoms with Crippen molar-refractivity contribution in [3.05, 3.63) is 29.6 Å². The number of methoxy groups -OCH3 is 1. The van der Waals surface area contributed by atoms with Crippen molar-refractivity contribution in [1.82, 2.24) is 4.90 Å². The van der Waals surface area contributed by atoms with Crippen molar-refractivity contribution < 1.29 is 18.7 Å². The molecule has 1 aliphatic rings. The molecular formula is C15H20FNO3. The van der Waals surface area contributed by atoms with Crippen LogP contribution in [0.2, 0.25) is 0 Å². The van der Waals surface area contributed by atoms with Crippen LogP contribution in [0.4, 0.5) is 4.39 Å². The van der Waals surface area contributed by atoms with Gasteiger partial charge in [-0.25, -0.2) is 4.39 Å². The summed E-state index contributed by atoms with van der Waals surface area (Å²) in [6.07, 6.45) is 1.59. The van der Waals surface area contributed by atoms with Crippen LogP contribution in [-0.4, -0.2) is 43.7 Å². The molecule has 0 bridgehead atoms. The van der Waals surface area contributed by atoms with Gasteiger partial charge in [0.15, 0.2) is 0 Å². The van der Waals surface area contributed by atoms with Gasteiger partial charge in [-0.05, 0) is 31.2 Å². The van der Waals surface area contributed by atoms with Gasteiger partial charge in [0.05, 0.1) is 13.7 Å². The fraction of sp³-hybridized carbons (Fsp3) is 0.533. The second kappa shape index (κ2) is 6.70. The summed E-state index contributed by atoms with van der Waals surface area (Å²) in [6, 6.07) is 4.58. The minimum atomic E-state index is -0.250. The van der Waals surface area contributed by atoms with Gasteiger partial charge in [0.25, 0.3) is 0 Å². The van der Waals surface area contributed by atoms with Gasteiger partial charge >= 0.3 is 5.97 Å². The lowest BCUT2D eigenvalue weighted by molar-refractivity contribution is -0.142. The highest BCUT2D eigenvalue weighted by atomic mass is 19.1. The molecule has 5 heteroatoms. The topological polar surface area (TPSA) is 38.8 Å². The Morgan fingerprint density at radius 2 is 2.35 bits per heavy atom. The smallest absolute Gasteiger partial charge is 0.319 e. The van der Waals surface area contributed by atoms with E-state index in [1.165, 1.54) is 19.2 Å². The molecule has 110 valence electrons. The van der Waals surface area contributed by atoms with E-state index in [0.29, 0.717) is 13.0 Å². The molecule has 1 aromatic rings. The molecule has 1 heterocycles. The molecule has 1 aliphatic heterocycles. The average molecular weight is 281 g/mol. The van der Waals surface area contributed by atoms with Crippen molar-refractivity contribution >= 4 is 5.97 Å². The second-order valence-electron chi connectivity index (χ2n) is 5.01. The number of nitrogens with zero attached hydrogens (tertiary/aromatic N) is 1. The van der Waals surface area contributed by atoms with Gasteiger partial charge < -0.3 is 9.47 Å². The van der Waals surface area contributed by atoms with Crippen molar-refractivity contribution in [2.24, 2.45) is 0 Å². The molecule has 0 amide bonds. The largest absolute Gasteiger partial charge is 0.488 e. The lowest BCUT2D eigenvalue weighted by Gasteiger charge is -2.23. The molecule has 0 aliphatic carbocycles. The molecule has 1 atom stereocenters. The Bertz CT molecular complexity index is 478. The number of esters is 1. The Labute approximate surface area is 118 Å². The quantitative estimate of drug-likeness (QED) is 0.748. The van der Waals surface area contributed by atoms with Crippen LogP contribution in [0.3, 0.4) is 0 Å². The number of hydrogen-bond acceptors (Lipinski definition) is 4. The second-order valence-corrected chi connectivity index (χ2v) is 5.01. The summed E-state index contributed by atoms with van der Waals surface area (Å²) in [5, 5.41) is 0. The molecule has 0 saturated heterocycles. The number of rotatable bonds is 6. The summed E-state index contributed by atoms with van der Waals surface area (Å²) < 4.78 is 23.7. The third kappa shape index (κ3) is 3.70. The highest BCUT2D eigenvalue weighted by molar-refractivity contribution is 5.71. The first kappa shape index (κ1) is 14.8. The number of ether oxygens (including phenoxy) is 2. The Morgan fingerprint density at radius 1 is 1.55 bits per heavy atom. The average Bonchev–Trinajstić information content (AvgIpc) is 2.80. The molecule has 0 radical (unpaired) electrons. The maximum absolute atomic E-state index is 13.2. The fourth-order valence-electron chi connectivity index (χ4n) is 2.48. The zero-order valence-electron chi connectivity index (χ0n) is 11.9. The summed E-state index contributed by atoms with van der Waals surface area (Å²) in [5.41, 5.74) is 0.893. The third-order valence-corrected chi connectivity index (χ3v) is 3.35. The number of fused-ring (bicyclic) bond motifs is 1.